The van der Waals surface area contributed by atoms with Crippen molar-refractivity contribution in [1.29, 1.82) is 0 Å². The van der Waals surface area contributed by atoms with Crippen LogP contribution in [-0.4, -0.2) is 42.9 Å². The van der Waals surface area contributed by atoms with Crippen molar-refractivity contribution in [2.45, 2.75) is 58.6 Å². The predicted molar refractivity (Wildman–Crippen MR) is 106 cm³/mol. The van der Waals surface area contributed by atoms with E-state index in [1.165, 1.54) is 0 Å². The Morgan fingerprint density at radius 1 is 1.22 bits per heavy atom. The molecule has 0 saturated heterocycles. The predicted octanol–water partition coefficient (Wildman–Crippen LogP) is 2.49. The molecule has 1 unspecified atom stereocenters. The maximum atomic E-state index is 11.8. The van der Waals surface area contributed by atoms with Gasteiger partial charge < -0.3 is 25.2 Å². The van der Waals surface area contributed by atoms with Crippen LogP contribution in [0.1, 0.15) is 45.6 Å². The zero-order valence-corrected chi connectivity index (χ0v) is 16.4. The van der Waals surface area contributed by atoms with E-state index in [9.17, 15) is 9.90 Å². The van der Waals surface area contributed by atoms with Gasteiger partial charge in [-0.1, -0.05) is 26.7 Å². The molecule has 148 valence electrons. The Morgan fingerprint density at radius 3 is 2.74 bits per heavy atom. The number of carbonyl (C=O) groups is 1. The van der Waals surface area contributed by atoms with Crippen LogP contribution in [0.2, 0.25) is 0 Å². The molecule has 1 aliphatic heterocycles. The van der Waals surface area contributed by atoms with Crippen molar-refractivity contribution in [1.82, 2.24) is 5.32 Å². The number of carbonyl (C=O) groups excluding carboxylic acids is 1. The van der Waals surface area contributed by atoms with Crippen molar-refractivity contribution in [3.63, 3.8) is 0 Å². The van der Waals surface area contributed by atoms with Crippen LogP contribution < -0.4 is 20.1 Å². The molecule has 1 amide bonds. The van der Waals surface area contributed by atoms with Crippen molar-refractivity contribution < 1.29 is 19.4 Å². The summed E-state index contributed by atoms with van der Waals surface area (Å²) in [5, 5.41) is 16.1. The molecule has 1 aromatic rings. The molecule has 0 fully saturated rings. The molecule has 1 heterocycles. The molecule has 0 spiro atoms. The summed E-state index contributed by atoms with van der Waals surface area (Å²) < 4.78 is 11.6. The number of anilines is 1. The number of nitrogens with one attached hydrogen (secondary N) is 2. The Hall–Kier alpha value is -2.23. The average Bonchev–Trinajstić information content (AvgIpc) is 2.65. The number of amides is 1. The molecule has 3 N–H and O–H groups in total. The van der Waals surface area contributed by atoms with Gasteiger partial charge in [0, 0.05) is 37.4 Å². The monoisotopic (exact) mass is 374 g/mol. The summed E-state index contributed by atoms with van der Waals surface area (Å²) in [4.78, 5) is 11.8. The summed E-state index contributed by atoms with van der Waals surface area (Å²) in [5.41, 5.74) is 1.58. The first kappa shape index (κ1) is 21.1. The molecule has 0 aliphatic carbocycles. The number of benzene rings is 1. The fourth-order valence-corrected chi connectivity index (χ4v) is 2.73. The van der Waals surface area contributed by atoms with E-state index in [1.54, 1.807) is 6.07 Å². The van der Waals surface area contributed by atoms with Crippen molar-refractivity contribution in [3.05, 3.63) is 17.7 Å². The van der Waals surface area contributed by atoms with E-state index in [4.69, 9.17) is 9.47 Å². The first-order valence-corrected chi connectivity index (χ1v) is 9.59. The Balaban J connectivity index is 2.04. The summed E-state index contributed by atoms with van der Waals surface area (Å²) in [6.07, 6.45) is 1.87. The van der Waals surface area contributed by atoms with Crippen LogP contribution in [0.25, 0.3) is 0 Å². The highest BCUT2D eigenvalue weighted by Gasteiger charge is 2.23. The van der Waals surface area contributed by atoms with Crippen molar-refractivity contribution in [2.24, 2.45) is 0 Å². The lowest BCUT2D eigenvalue weighted by molar-refractivity contribution is -0.116. The van der Waals surface area contributed by atoms with Crippen LogP contribution in [0, 0.1) is 11.8 Å². The standard InChI is InChI=1S/C21H30N2O4/c1-4-5-6-7-12-26-19-10-9-18(17-8-11-20(25)23-21(17)19)27-14-16(24)13-22-15(2)3/h9-10,15-16,22,24H,4,7-8,11-14H2,1-3H3,(H,23,25). The summed E-state index contributed by atoms with van der Waals surface area (Å²) in [6.45, 7) is 7.19. The largest absolute Gasteiger partial charge is 0.490 e. The third-order valence-electron chi connectivity index (χ3n) is 4.08. The molecule has 1 atom stereocenters. The number of aliphatic hydroxyl groups excluding tert-OH is 1. The summed E-state index contributed by atoms with van der Waals surface area (Å²) in [7, 11) is 0. The zero-order valence-electron chi connectivity index (χ0n) is 16.4. The van der Waals surface area contributed by atoms with Crippen LogP contribution in [-0.2, 0) is 11.2 Å². The molecule has 1 aliphatic rings. The van der Waals surface area contributed by atoms with Gasteiger partial charge in [-0.15, -0.1) is 5.92 Å². The Kier molecular flexibility index (Phi) is 8.43. The molecule has 0 saturated carbocycles. The van der Waals surface area contributed by atoms with Gasteiger partial charge in [-0.25, -0.2) is 0 Å². The second-order valence-electron chi connectivity index (χ2n) is 6.80. The second-order valence-corrected chi connectivity index (χ2v) is 6.80. The molecule has 0 aromatic heterocycles. The van der Waals surface area contributed by atoms with Crippen molar-refractivity contribution >= 4 is 11.6 Å². The molecular formula is C21H30N2O4. The van der Waals surface area contributed by atoms with E-state index in [0.717, 1.165) is 12.0 Å². The van der Waals surface area contributed by atoms with E-state index in [0.29, 0.717) is 55.6 Å². The van der Waals surface area contributed by atoms with Crippen molar-refractivity contribution in [3.8, 4) is 23.3 Å². The molecule has 0 radical (unpaired) electrons. The van der Waals surface area contributed by atoms with Crippen LogP contribution in [0.3, 0.4) is 0 Å². The van der Waals surface area contributed by atoms with Gasteiger partial charge in [0.15, 0.2) is 0 Å². The third-order valence-corrected chi connectivity index (χ3v) is 4.08. The number of ether oxygens (including phenoxy) is 2. The van der Waals surface area contributed by atoms with E-state index >= 15 is 0 Å². The van der Waals surface area contributed by atoms with E-state index in [1.807, 2.05) is 26.8 Å². The number of hydrogen-bond donors (Lipinski definition) is 3. The highest BCUT2D eigenvalue weighted by molar-refractivity contribution is 5.96. The fourth-order valence-electron chi connectivity index (χ4n) is 2.73. The Bertz CT molecular complexity index is 691. The van der Waals surface area contributed by atoms with Gasteiger partial charge in [0.25, 0.3) is 0 Å². The minimum Gasteiger partial charge on any atom is -0.490 e. The first-order chi connectivity index (χ1) is 13.0. The highest BCUT2D eigenvalue weighted by Crippen LogP contribution is 2.39. The SMILES string of the molecule is CCC#CCCOc1ccc(OCC(O)CNC(C)C)c2c1NC(=O)CC2. The van der Waals surface area contributed by atoms with Gasteiger partial charge in [0.05, 0.1) is 12.3 Å². The number of fused-ring (bicyclic) bond motifs is 1. The quantitative estimate of drug-likeness (QED) is 0.457. The third kappa shape index (κ3) is 6.78. The molecule has 0 bridgehead atoms. The normalized spacial score (nSPS) is 14.0. The molecule has 2 rings (SSSR count). The maximum absolute atomic E-state index is 11.8. The second kappa shape index (κ2) is 10.8. The summed E-state index contributed by atoms with van der Waals surface area (Å²) >= 11 is 0. The minimum atomic E-state index is -0.603. The molecular weight excluding hydrogens is 344 g/mol. The van der Waals surface area contributed by atoms with Crippen molar-refractivity contribution in [2.75, 3.05) is 25.1 Å². The topological polar surface area (TPSA) is 79.8 Å². The molecule has 6 nitrogen and oxygen atoms in total. The first-order valence-electron chi connectivity index (χ1n) is 9.59. The van der Waals surface area contributed by atoms with Gasteiger partial charge in [-0.2, -0.15) is 0 Å². The summed E-state index contributed by atoms with van der Waals surface area (Å²) in [5.74, 6) is 7.32. The van der Waals surface area contributed by atoms with E-state index in [2.05, 4.69) is 22.5 Å². The highest BCUT2D eigenvalue weighted by atomic mass is 16.5. The average molecular weight is 374 g/mol. The van der Waals surface area contributed by atoms with Crippen LogP contribution in [0.5, 0.6) is 11.5 Å². The minimum absolute atomic E-state index is 0.0311. The van der Waals surface area contributed by atoms with E-state index in [-0.39, 0.29) is 12.5 Å². The molecule has 6 heteroatoms. The lowest BCUT2D eigenvalue weighted by atomic mass is 10.0. The van der Waals surface area contributed by atoms with Crippen LogP contribution in [0.4, 0.5) is 5.69 Å². The maximum Gasteiger partial charge on any atom is 0.224 e. The zero-order chi connectivity index (χ0) is 19.6. The van der Waals surface area contributed by atoms with Gasteiger partial charge in [0.1, 0.15) is 24.2 Å². The van der Waals surface area contributed by atoms with Gasteiger partial charge in [0.2, 0.25) is 5.91 Å². The van der Waals surface area contributed by atoms with E-state index < -0.39 is 6.10 Å². The molecule has 27 heavy (non-hydrogen) atoms. The summed E-state index contributed by atoms with van der Waals surface area (Å²) in [6, 6.07) is 3.94. The van der Waals surface area contributed by atoms with Gasteiger partial charge in [-0.3, -0.25) is 4.79 Å². The lowest BCUT2D eigenvalue weighted by Gasteiger charge is -2.24. The lowest BCUT2D eigenvalue weighted by Crippen LogP contribution is -2.35. The van der Waals surface area contributed by atoms with Crippen LogP contribution >= 0.6 is 0 Å². The Labute approximate surface area is 161 Å². The number of aliphatic hydroxyl groups is 1. The number of hydrogen-bond acceptors (Lipinski definition) is 5. The number of rotatable bonds is 9. The smallest absolute Gasteiger partial charge is 0.224 e. The van der Waals surface area contributed by atoms with Gasteiger partial charge >= 0.3 is 0 Å². The Morgan fingerprint density at radius 2 is 2.00 bits per heavy atom. The van der Waals surface area contributed by atoms with Crippen LogP contribution in [0.15, 0.2) is 12.1 Å². The fraction of sp³-hybridized carbons (Fsp3) is 0.571. The van der Waals surface area contributed by atoms with Gasteiger partial charge in [-0.05, 0) is 18.6 Å². The molecule has 1 aromatic carbocycles.